The predicted octanol–water partition coefficient (Wildman–Crippen LogP) is -0.336. The molecule has 0 aliphatic carbocycles. The van der Waals surface area contributed by atoms with Crippen LogP contribution in [0.1, 0.15) is 19.8 Å². The normalized spacial score (nSPS) is 22.9. The average molecular weight is 214 g/mol. The van der Waals surface area contributed by atoms with Gasteiger partial charge >= 0.3 is 5.97 Å². The van der Waals surface area contributed by atoms with Crippen LogP contribution in [-0.4, -0.2) is 38.1 Å². The van der Waals surface area contributed by atoms with Crippen LogP contribution in [0.3, 0.4) is 0 Å². The second kappa shape index (κ2) is 5.70. The van der Waals surface area contributed by atoms with E-state index in [1.54, 1.807) is 6.92 Å². The van der Waals surface area contributed by atoms with Gasteiger partial charge in [-0.25, -0.2) is 4.79 Å². The van der Waals surface area contributed by atoms with E-state index in [1.165, 1.54) is 7.11 Å². The minimum Gasteiger partial charge on any atom is -0.467 e. The molecule has 0 saturated carbocycles. The average Bonchev–Trinajstić information content (AvgIpc) is 2.29. The third-order valence-corrected chi connectivity index (χ3v) is 2.58. The summed E-state index contributed by atoms with van der Waals surface area (Å²) in [5.41, 5.74) is 0. The Labute approximate surface area is 89.6 Å². The second-order valence-corrected chi connectivity index (χ2v) is 3.80. The molecule has 0 aromatic heterocycles. The third-order valence-electron chi connectivity index (χ3n) is 2.58. The lowest BCUT2D eigenvalue weighted by molar-refractivity contribution is -0.145. The lowest BCUT2D eigenvalue weighted by Crippen LogP contribution is -2.46. The number of carbonyl (C=O) groups excluding carboxylic acids is 2. The number of nitrogens with one attached hydrogen (secondary N) is 2. The van der Waals surface area contributed by atoms with E-state index in [2.05, 4.69) is 15.4 Å². The summed E-state index contributed by atoms with van der Waals surface area (Å²) in [6, 6.07) is -0.565. The highest BCUT2D eigenvalue weighted by Gasteiger charge is 2.24. The second-order valence-electron chi connectivity index (χ2n) is 3.80. The van der Waals surface area contributed by atoms with Crippen LogP contribution >= 0.6 is 0 Å². The summed E-state index contributed by atoms with van der Waals surface area (Å²) in [7, 11) is 1.31. The van der Waals surface area contributed by atoms with Gasteiger partial charge in [0.15, 0.2) is 0 Å². The Kier molecular flexibility index (Phi) is 4.55. The molecular weight excluding hydrogens is 196 g/mol. The molecule has 1 rings (SSSR count). The van der Waals surface area contributed by atoms with Gasteiger partial charge in [-0.15, -0.1) is 0 Å². The molecule has 0 spiro atoms. The highest BCUT2D eigenvalue weighted by molar-refractivity contribution is 5.85. The lowest BCUT2D eigenvalue weighted by Gasteiger charge is -2.23. The number of methoxy groups -OCH3 is 1. The number of ether oxygens (including phenoxy) is 1. The molecule has 5 nitrogen and oxygen atoms in total. The fourth-order valence-corrected chi connectivity index (χ4v) is 1.64. The zero-order valence-corrected chi connectivity index (χ0v) is 9.21. The number of hydrogen-bond acceptors (Lipinski definition) is 4. The first-order valence-corrected chi connectivity index (χ1v) is 5.24. The molecule has 1 heterocycles. The first-order chi connectivity index (χ1) is 7.15. The van der Waals surface area contributed by atoms with E-state index in [9.17, 15) is 9.59 Å². The zero-order chi connectivity index (χ0) is 11.3. The summed E-state index contributed by atoms with van der Waals surface area (Å²) >= 11 is 0. The first-order valence-electron chi connectivity index (χ1n) is 5.24. The topological polar surface area (TPSA) is 67.4 Å². The standard InChI is InChI=1S/C10H18N2O3/c1-7(10(14)15-2)12-9(13)8-4-3-5-11-6-8/h7-8,11H,3-6H2,1-2H3,(H,12,13)/t7-,8?/m0/s1. The van der Waals surface area contributed by atoms with Crippen molar-refractivity contribution in [3.63, 3.8) is 0 Å². The molecule has 0 radical (unpaired) electrons. The Morgan fingerprint density at radius 1 is 1.53 bits per heavy atom. The van der Waals surface area contributed by atoms with Crippen molar-refractivity contribution in [2.75, 3.05) is 20.2 Å². The Hall–Kier alpha value is -1.10. The highest BCUT2D eigenvalue weighted by atomic mass is 16.5. The van der Waals surface area contributed by atoms with Crippen LogP contribution in [0.4, 0.5) is 0 Å². The van der Waals surface area contributed by atoms with Crippen LogP contribution < -0.4 is 10.6 Å². The van der Waals surface area contributed by atoms with E-state index in [0.29, 0.717) is 6.54 Å². The van der Waals surface area contributed by atoms with Gasteiger partial charge in [-0.05, 0) is 26.3 Å². The van der Waals surface area contributed by atoms with Crippen molar-refractivity contribution in [3.8, 4) is 0 Å². The maximum absolute atomic E-state index is 11.7. The van der Waals surface area contributed by atoms with Crippen molar-refractivity contribution < 1.29 is 14.3 Å². The molecule has 1 fully saturated rings. The van der Waals surface area contributed by atoms with Gasteiger partial charge in [-0.2, -0.15) is 0 Å². The number of esters is 1. The highest BCUT2D eigenvalue weighted by Crippen LogP contribution is 2.09. The van der Waals surface area contributed by atoms with Gasteiger partial charge in [0.05, 0.1) is 13.0 Å². The van der Waals surface area contributed by atoms with Gasteiger partial charge in [0.25, 0.3) is 0 Å². The van der Waals surface area contributed by atoms with E-state index >= 15 is 0 Å². The van der Waals surface area contributed by atoms with Crippen LogP contribution in [0.15, 0.2) is 0 Å². The zero-order valence-electron chi connectivity index (χ0n) is 9.21. The predicted molar refractivity (Wildman–Crippen MR) is 55.2 cm³/mol. The van der Waals surface area contributed by atoms with Crippen LogP contribution in [0.25, 0.3) is 0 Å². The van der Waals surface area contributed by atoms with Crippen LogP contribution in [0.2, 0.25) is 0 Å². The molecular formula is C10H18N2O3. The minimum absolute atomic E-state index is 0.0224. The lowest BCUT2D eigenvalue weighted by atomic mass is 9.98. The van der Waals surface area contributed by atoms with E-state index in [4.69, 9.17) is 0 Å². The maximum atomic E-state index is 11.7. The fourth-order valence-electron chi connectivity index (χ4n) is 1.64. The number of hydrogen-bond donors (Lipinski definition) is 2. The number of piperidine rings is 1. The van der Waals surface area contributed by atoms with Crippen LogP contribution in [0.5, 0.6) is 0 Å². The molecule has 0 bridgehead atoms. The van der Waals surface area contributed by atoms with Crippen molar-refractivity contribution in [3.05, 3.63) is 0 Å². The van der Waals surface area contributed by atoms with E-state index in [0.717, 1.165) is 19.4 Å². The van der Waals surface area contributed by atoms with Gasteiger partial charge in [-0.1, -0.05) is 0 Å². The Morgan fingerprint density at radius 2 is 2.27 bits per heavy atom. The molecule has 0 aromatic carbocycles. The Morgan fingerprint density at radius 3 is 2.80 bits per heavy atom. The SMILES string of the molecule is COC(=O)[C@H](C)NC(=O)C1CCCNC1. The van der Waals surface area contributed by atoms with Gasteiger partial charge in [0.1, 0.15) is 6.04 Å². The smallest absolute Gasteiger partial charge is 0.328 e. The molecule has 5 heteroatoms. The van der Waals surface area contributed by atoms with E-state index in [1.807, 2.05) is 0 Å². The Balaban J connectivity index is 2.36. The first kappa shape index (κ1) is 12.0. The van der Waals surface area contributed by atoms with Crippen molar-refractivity contribution in [2.24, 2.45) is 5.92 Å². The van der Waals surface area contributed by atoms with E-state index < -0.39 is 12.0 Å². The molecule has 86 valence electrons. The summed E-state index contributed by atoms with van der Waals surface area (Å²) in [5, 5.41) is 5.80. The maximum Gasteiger partial charge on any atom is 0.328 e. The van der Waals surface area contributed by atoms with Crippen LogP contribution in [0, 0.1) is 5.92 Å². The number of carbonyl (C=O) groups is 2. The number of rotatable bonds is 3. The molecule has 1 aliphatic heterocycles. The monoisotopic (exact) mass is 214 g/mol. The fraction of sp³-hybridized carbons (Fsp3) is 0.800. The largest absolute Gasteiger partial charge is 0.467 e. The quantitative estimate of drug-likeness (QED) is 0.631. The van der Waals surface area contributed by atoms with E-state index in [-0.39, 0.29) is 11.8 Å². The molecule has 15 heavy (non-hydrogen) atoms. The summed E-state index contributed by atoms with van der Waals surface area (Å²) in [5.74, 6) is -0.502. The van der Waals surface area contributed by atoms with Crippen molar-refractivity contribution in [2.45, 2.75) is 25.8 Å². The molecule has 0 aromatic rings. The van der Waals surface area contributed by atoms with Crippen molar-refractivity contribution in [1.29, 1.82) is 0 Å². The van der Waals surface area contributed by atoms with Gasteiger partial charge in [0, 0.05) is 6.54 Å². The van der Waals surface area contributed by atoms with Gasteiger partial charge in [-0.3, -0.25) is 4.79 Å². The van der Waals surface area contributed by atoms with Crippen molar-refractivity contribution in [1.82, 2.24) is 10.6 Å². The molecule has 2 N–H and O–H groups in total. The number of amides is 1. The van der Waals surface area contributed by atoms with Gasteiger partial charge in [0.2, 0.25) is 5.91 Å². The molecule has 2 atom stereocenters. The summed E-state index contributed by atoms with van der Waals surface area (Å²) in [4.78, 5) is 22.7. The van der Waals surface area contributed by atoms with Gasteiger partial charge < -0.3 is 15.4 Å². The Bertz CT molecular complexity index is 237. The summed E-state index contributed by atoms with van der Waals surface area (Å²) < 4.78 is 4.53. The van der Waals surface area contributed by atoms with Crippen molar-refractivity contribution >= 4 is 11.9 Å². The molecule has 1 unspecified atom stereocenters. The summed E-state index contributed by atoms with van der Waals surface area (Å²) in [6.45, 7) is 3.29. The third kappa shape index (κ3) is 3.51. The molecule has 1 aliphatic rings. The molecule has 1 saturated heterocycles. The van der Waals surface area contributed by atoms with Crippen LogP contribution in [-0.2, 0) is 14.3 Å². The summed E-state index contributed by atoms with van der Waals surface area (Å²) in [6.07, 6.45) is 1.89. The molecule has 1 amide bonds. The minimum atomic E-state index is -0.565.